The van der Waals surface area contributed by atoms with Gasteiger partial charge in [-0.15, -0.1) is 0 Å². The number of carbonyl (C=O) groups is 1. The fourth-order valence-corrected chi connectivity index (χ4v) is 5.76. The molecule has 9 heteroatoms. The maximum atomic E-state index is 14.1. The molecule has 2 aromatic carbocycles. The molecule has 1 fully saturated rings. The fraction of sp³-hybridized carbons (Fsp3) is 0.350. The molecular formula is C20H20ClFN2O4S. The summed E-state index contributed by atoms with van der Waals surface area (Å²) >= 11 is 5.86. The molecule has 0 aromatic heterocycles. The number of piperidine rings is 1. The SMILES string of the molecule is Cc1cccc2c1N(C1CCN(S(=O)(=O)c3cc(Cl)ccc3F)CC1)C(=O)OC2. The van der Waals surface area contributed by atoms with Crippen molar-refractivity contribution in [3.63, 3.8) is 0 Å². The molecule has 1 amide bonds. The van der Waals surface area contributed by atoms with Crippen molar-refractivity contribution < 1.29 is 22.3 Å². The molecular weight excluding hydrogens is 419 g/mol. The third-order valence-electron chi connectivity index (χ3n) is 5.41. The van der Waals surface area contributed by atoms with E-state index in [0.717, 1.165) is 28.9 Å². The van der Waals surface area contributed by atoms with Gasteiger partial charge in [-0.1, -0.05) is 29.8 Å². The van der Waals surface area contributed by atoms with Gasteiger partial charge in [-0.3, -0.25) is 4.90 Å². The summed E-state index contributed by atoms with van der Waals surface area (Å²) in [6.45, 7) is 2.51. The third-order valence-corrected chi connectivity index (χ3v) is 7.56. The second-order valence-corrected chi connectivity index (χ2v) is 9.56. The largest absolute Gasteiger partial charge is 0.444 e. The van der Waals surface area contributed by atoms with Gasteiger partial charge in [0, 0.05) is 29.7 Å². The molecule has 0 spiro atoms. The van der Waals surface area contributed by atoms with E-state index in [-0.39, 0.29) is 30.8 Å². The highest BCUT2D eigenvalue weighted by Gasteiger charge is 2.38. The molecule has 29 heavy (non-hydrogen) atoms. The average Bonchev–Trinajstić information content (AvgIpc) is 2.70. The number of para-hydroxylation sites is 1. The number of halogens is 2. The number of cyclic esters (lactones) is 1. The van der Waals surface area contributed by atoms with Gasteiger partial charge < -0.3 is 4.74 Å². The maximum Gasteiger partial charge on any atom is 0.414 e. The molecule has 0 bridgehead atoms. The van der Waals surface area contributed by atoms with Crippen LogP contribution in [0.5, 0.6) is 0 Å². The maximum absolute atomic E-state index is 14.1. The topological polar surface area (TPSA) is 66.9 Å². The summed E-state index contributed by atoms with van der Waals surface area (Å²) in [6.07, 6.45) is 0.420. The number of carbonyl (C=O) groups excluding carboxylic acids is 1. The highest BCUT2D eigenvalue weighted by molar-refractivity contribution is 7.89. The second kappa shape index (κ2) is 7.59. The fourth-order valence-electron chi connectivity index (χ4n) is 3.97. The van der Waals surface area contributed by atoms with Crippen LogP contribution in [0.2, 0.25) is 5.02 Å². The van der Waals surface area contributed by atoms with Crippen LogP contribution in [0.15, 0.2) is 41.3 Å². The zero-order valence-corrected chi connectivity index (χ0v) is 17.3. The van der Waals surface area contributed by atoms with Gasteiger partial charge in [0.1, 0.15) is 17.3 Å². The molecule has 2 heterocycles. The van der Waals surface area contributed by atoms with E-state index in [1.807, 2.05) is 25.1 Å². The molecule has 0 atom stereocenters. The number of hydrogen-bond donors (Lipinski definition) is 0. The lowest BCUT2D eigenvalue weighted by Crippen LogP contribution is -2.50. The van der Waals surface area contributed by atoms with Gasteiger partial charge in [0.25, 0.3) is 0 Å². The average molecular weight is 439 g/mol. The van der Waals surface area contributed by atoms with E-state index in [9.17, 15) is 17.6 Å². The summed E-state index contributed by atoms with van der Waals surface area (Å²) in [5.74, 6) is -0.833. The highest BCUT2D eigenvalue weighted by Crippen LogP contribution is 2.35. The minimum absolute atomic E-state index is 0.156. The third kappa shape index (κ3) is 3.60. The molecule has 6 nitrogen and oxygen atoms in total. The Kier molecular flexibility index (Phi) is 5.27. The number of rotatable bonds is 3. The lowest BCUT2D eigenvalue weighted by molar-refractivity contribution is 0.135. The normalized spacial score (nSPS) is 18.4. The number of benzene rings is 2. The van der Waals surface area contributed by atoms with E-state index in [2.05, 4.69) is 0 Å². The Morgan fingerprint density at radius 2 is 1.90 bits per heavy atom. The van der Waals surface area contributed by atoms with E-state index in [0.29, 0.717) is 12.8 Å². The molecule has 1 saturated heterocycles. The van der Waals surface area contributed by atoms with Crippen molar-refractivity contribution >= 4 is 33.4 Å². The van der Waals surface area contributed by atoms with Gasteiger partial charge in [0.2, 0.25) is 10.0 Å². The molecule has 154 valence electrons. The molecule has 0 saturated carbocycles. The molecule has 0 N–H and O–H groups in total. The van der Waals surface area contributed by atoms with Crippen molar-refractivity contribution in [2.24, 2.45) is 0 Å². The van der Waals surface area contributed by atoms with Crippen LogP contribution in [-0.2, 0) is 21.4 Å². The number of anilines is 1. The zero-order valence-electron chi connectivity index (χ0n) is 15.8. The summed E-state index contributed by atoms with van der Waals surface area (Å²) in [7, 11) is -4.01. The summed E-state index contributed by atoms with van der Waals surface area (Å²) in [4.78, 5) is 13.7. The van der Waals surface area contributed by atoms with Crippen molar-refractivity contribution in [3.05, 3.63) is 58.4 Å². The molecule has 2 aromatic rings. The van der Waals surface area contributed by atoms with Gasteiger partial charge >= 0.3 is 6.09 Å². The molecule has 2 aliphatic heterocycles. The van der Waals surface area contributed by atoms with Crippen molar-refractivity contribution in [1.29, 1.82) is 0 Å². The summed E-state index contributed by atoms with van der Waals surface area (Å²) in [5.41, 5.74) is 2.74. The van der Waals surface area contributed by atoms with Gasteiger partial charge in [-0.25, -0.2) is 17.6 Å². The van der Waals surface area contributed by atoms with Crippen molar-refractivity contribution in [2.75, 3.05) is 18.0 Å². The molecule has 0 radical (unpaired) electrons. The van der Waals surface area contributed by atoms with E-state index in [1.165, 1.54) is 10.4 Å². The molecule has 2 aliphatic rings. The lowest BCUT2D eigenvalue weighted by atomic mass is 10.00. The first-order chi connectivity index (χ1) is 13.8. The smallest absolute Gasteiger partial charge is 0.414 e. The van der Waals surface area contributed by atoms with Crippen LogP contribution in [0, 0.1) is 12.7 Å². The van der Waals surface area contributed by atoms with Crippen LogP contribution in [0.25, 0.3) is 0 Å². The first-order valence-electron chi connectivity index (χ1n) is 9.28. The van der Waals surface area contributed by atoms with Crippen LogP contribution < -0.4 is 4.90 Å². The van der Waals surface area contributed by atoms with Crippen LogP contribution in [0.1, 0.15) is 24.0 Å². The van der Waals surface area contributed by atoms with E-state index in [4.69, 9.17) is 16.3 Å². The van der Waals surface area contributed by atoms with Crippen LogP contribution in [0.4, 0.5) is 14.9 Å². The lowest BCUT2D eigenvalue weighted by Gasteiger charge is -2.40. The predicted octanol–water partition coefficient (Wildman–Crippen LogP) is 4.10. The molecule has 4 rings (SSSR count). The van der Waals surface area contributed by atoms with Crippen LogP contribution >= 0.6 is 11.6 Å². The predicted molar refractivity (Wildman–Crippen MR) is 107 cm³/mol. The molecule has 0 unspecified atom stereocenters. The summed E-state index contributed by atoms with van der Waals surface area (Å²) in [5, 5.41) is 0.156. The minimum Gasteiger partial charge on any atom is -0.444 e. The van der Waals surface area contributed by atoms with E-state index >= 15 is 0 Å². The number of sulfonamides is 1. The van der Waals surface area contributed by atoms with Crippen molar-refractivity contribution in [3.8, 4) is 0 Å². The van der Waals surface area contributed by atoms with Crippen LogP contribution in [-0.4, -0.2) is 37.9 Å². The van der Waals surface area contributed by atoms with Crippen molar-refractivity contribution in [2.45, 2.75) is 37.3 Å². The molecule has 0 aliphatic carbocycles. The monoisotopic (exact) mass is 438 g/mol. The Morgan fingerprint density at radius 3 is 2.62 bits per heavy atom. The first kappa shape index (κ1) is 20.1. The highest BCUT2D eigenvalue weighted by atomic mass is 35.5. The number of hydrogen-bond acceptors (Lipinski definition) is 4. The first-order valence-corrected chi connectivity index (χ1v) is 11.1. The Balaban J connectivity index is 1.56. The Hall–Kier alpha value is -2.16. The number of aryl methyl sites for hydroxylation is 1. The Bertz CT molecular complexity index is 1070. The summed E-state index contributed by atoms with van der Waals surface area (Å²) < 4.78 is 46.4. The van der Waals surface area contributed by atoms with Crippen LogP contribution in [0.3, 0.4) is 0 Å². The van der Waals surface area contributed by atoms with E-state index < -0.39 is 26.8 Å². The summed E-state index contributed by atoms with van der Waals surface area (Å²) in [6, 6.07) is 9.06. The van der Waals surface area contributed by atoms with Gasteiger partial charge in [-0.05, 0) is 43.5 Å². The van der Waals surface area contributed by atoms with Gasteiger partial charge in [0.05, 0.1) is 5.69 Å². The quantitative estimate of drug-likeness (QED) is 0.723. The minimum atomic E-state index is -4.01. The Labute approximate surface area is 173 Å². The number of ether oxygens (including phenoxy) is 1. The Morgan fingerprint density at radius 1 is 1.17 bits per heavy atom. The number of amides is 1. The second-order valence-electron chi connectivity index (χ2n) is 7.22. The zero-order chi connectivity index (χ0) is 20.8. The standard InChI is InChI=1S/C20H20ClFN2O4S/c1-13-3-2-4-14-12-28-20(25)24(19(13)14)16-7-9-23(10-8-16)29(26,27)18-11-15(21)5-6-17(18)22/h2-6,11,16H,7-10,12H2,1H3. The number of nitrogens with zero attached hydrogens (tertiary/aromatic N) is 2. The van der Waals surface area contributed by atoms with E-state index in [1.54, 1.807) is 4.90 Å². The van der Waals surface area contributed by atoms with Crippen molar-refractivity contribution in [1.82, 2.24) is 4.31 Å². The number of fused-ring (bicyclic) bond motifs is 1. The van der Waals surface area contributed by atoms with Gasteiger partial charge in [0.15, 0.2) is 0 Å². The van der Waals surface area contributed by atoms with Gasteiger partial charge in [-0.2, -0.15) is 4.31 Å².